The summed E-state index contributed by atoms with van der Waals surface area (Å²) in [6, 6.07) is 10.1. The zero-order valence-electron chi connectivity index (χ0n) is 16.7. The van der Waals surface area contributed by atoms with Gasteiger partial charge in [0, 0.05) is 32.2 Å². The number of nitrogens with zero attached hydrogens (tertiary/aromatic N) is 2. The van der Waals surface area contributed by atoms with E-state index >= 15 is 0 Å². The van der Waals surface area contributed by atoms with Crippen LogP contribution < -0.4 is 10.1 Å². The number of methoxy groups -OCH3 is 1. The lowest BCUT2D eigenvalue weighted by Gasteiger charge is -2.28. The predicted molar refractivity (Wildman–Crippen MR) is 108 cm³/mol. The molecule has 1 aromatic heterocycles. The Morgan fingerprint density at radius 3 is 2.64 bits per heavy atom. The second-order valence-corrected chi connectivity index (χ2v) is 7.20. The predicted octanol–water partition coefficient (Wildman–Crippen LogP) is 3.95. The maximum absolute atomic E-state index is 12.2. The summed E-state index contributed by atoms with van der Waals surface area (Å²) in [7, 11) is 1.74. The molecule has 6 nitrogen and oxygen atoms in total. The molecule has 6 heteroatoms. The first kappa shape index (κ1) is 20.3. The van der Waals surface area contributed by atoms with E-state index in [1.165, 1.54) is 5.56 Å². The highest BCUT2D eigenvalue weighted by molar-refractivity contribution is 5.89. The molecule has 2 unspecified atom stereocenters. The number of carbonyl (C=O) groups excluding carboxylic acids is 1. The van der Waals surface area contributed by atoms with E-state index in [2.05, 4.69) is 46.5 Å². The highest BCUT2D eigenvalue weighted by Crippen LogP contribution is 2.24. The fourth-order valence-corrected chi connectivity index (χ4v) is 3.45. The van der Waals surface area contributed by atoms with E-state index in [1.807, 2.05) is 0 Å². The molecular formula is C22H29N3O3. The van der Waals surface area contributed by atoms with Crippen molar-refractivity contribution < 1.29 is 14.3 Å². The average molecular weight is 383 g/mol. The number of amides is 1. The molecule has 0 spiro atoms. The van der Waals surface area contributed by atoms with Crippen molar-refractivity contribution in [3.05, 3.63) is 47.7 Å². The number of benzene rings is 1. The van der Waals surface area contributed by atoms with Gasteiger partial charge in [-0.1, -0.05) is 31.2 Å². The van der Waals surface area contributed by atoms with E-state index in [-0.39, 0.29) is 24.1 Å². The van der Waals surface area contributed by atoms with Gasteiger partial charge in [0.2, 0.25) is 17.7 Å². The van der Waals surface area contributed by atoms with E-state index in [0.717, 1.165) is 37.7 Å². The van der Waals surface area contributed by atoms with E-state index < -0.39 is 0 Å². The number of aryl methyl sites for hydroxylation is 2. The van der Waals surface area contributed by atoms with Gasteiger partial charge in [0.25, 0.3) is 0 Å². The SMILES string of the molecule is CCc1ccc(CCC(=O)Nc2nccc(OC3CCCC(OC)C3)n2)cc1. The number of rotatable bonds is 8. The van der Waals surface area contributed by atoms with Gasteiger partial charge in [0.05, 0.1) is 6.10 Å². The Labute approximate surface area is 166 Å². The van der Waals surface area contributed by atoms with Gasteiger partial charge in [-0.05, 0) is 43.2 Å². The lowest BCUT2D eigenvalue weighted by atomic mass is 9.95. The van der Waals surface area contributed by atoms with Crippen LogP contribution in [0.5, 0.6) is 5.88 Å². The maximum Gasteiger partial charge on any atom is 0.232 e. The topological polar surface area (TPSA) is 73.3 Å². The Balaban J connectivity index is 1.49. The molecule has 0 radical (unpaired) electrons. The second-order valence-electron chi connectivity index (χ2n) is 7.20. The molecule has 1 amide bonds. The third-order valence-corrected chi connectivity index (χ3v) is 5.15. The van der Waals surface area contributed by atoms with Crippen molar-refractivity contribution in [3.8, 4) is 5.88 Å². The van der Waals surface area contributed by atoms with Crippen molar-refractivity contribution in [1.29, 1.82) is 0 Å². The maximum atomic E-state index is 12.2. The summed E-state index contributed by atoms with van der Waals surface area (Å²) in [6.45, 7) is 2.13. The molecule has 0 aliphatic heterocycles. The normalized spacial score (nSPS) is 19.2. The Morgan fingerprint density at radius 2 is 1.89 bits per heavy atom. The molecule has 1 N–H and O–H groups in total. The average Bonchev–Trinajstić information content (AvgIpc) is 2.73. The van der Waals surface area contributed by atoms with Gasteiger partial charge < -0.3 is 9.47 Å². The summed E-state index contributed by atoms with van der Waals surface area (Å²) in [5.74, 6) is 0.666. The van der Waals surface area contributed by atoms with E-state index in [0.29, 0.717) is 18.7 Å². The molecular weight excluding hydrogens is 354 g/mol. The lowest BCUT2D eigenvalue weighted by Crippen LogP contribution is -2.29. The first-order chi connectivity index (χ1) is 13.7. The standard InChI is InChI=1S/C22H29N3O3/c1-3-16-7-9-17(10-8-16)11-12-20(26)24-22-23-14-13-21(25-22)28-19-6-4-5-18(15-19)27-2/h7-10,13-14,18-19H,3-6,11-12,15H2,1-2H3,(H,23,24,25,26). The molecule has 1 heterocycles. The van der Waals surface area contributed by atoms with E-state index in [1.54, 1.807) is 19.4 Å². The summed E-state index contributed by atoms with van der Waals surface area (Å²) in [4.78, 5) is 20.7. The minimum Gasteiger partial charge on any atom is -0.474 e. The largest absolute Gasteiger partial charge is 0.474 e. The van der Waals surface area contributed by atoms with Crippen LogP contribution in [0, 0.1) is 0 Å². The molecule has 3 rings (SSSR count). The Bertz CT molecular complexity index is 764. The molecule has 1 aromatic carbocycles. The van der Waals surface area contributed by atoms with Gasteiger partial charge in [-0.3, -0.25) is 10.1 Å². The van der Waals surface area contributed by atoms with Crippen LogP contribution in [-0.2, 0) is 22.4 Å². The molecule has 2 atom stereocenters. The van der Waals surface area contributed by atoms with Crippen molar-refractivity contribution in [2.75, 3.05) is 12.4 Å². The molecule has 28 heavy (non-hydrogen) atoms. The van der Waals surface area contributed by atoms with Gasteiger partial charge in [-0.2, -0.15) is 4.98 Å². The smallest absolute Gasteiger partial charge is 0.232 e. The lowest BCUT2D eigenvalue weighted by molar-refractivity contribution is -0.116. The van der Waals surface area contributed by atoms with Crippen LogP contribution in [0.3, 0.4) is 0 Å². The third-order valence-electron chi connectivity index (χ3n) is 5.15. The molecule has 1 saturated carbocycles. The Hall–Kier alpha value is -2.47. The summed E-state index contributed by atoms with van der Waals surface area (Å²) in [5, 5.41) is 2.77. The number of ether oxygens (including phenoxy) is 2. The molecule has 1 aliphatic carbocycles. The molecule has 1 aliphatic rings. The third kappa shape index (κ3) is 6.02. The Kier molecular flexibility index (Phi) is 7.37. The summed E-state index contributed by atoms with van der Waals surface area (Å²) >= 11 is 0. The van der Waals surface area contributed by atoms with Crippen LogP contribution in [0.15, 0.2) is 36.5 Å². The number of anilines is 1. The summed E-state index contributed by atoms with van der Waals surface area (Å²) in [6.07, 6.45) is 8.03. The minimum absolute atomic E-state index is 0.0863. The van der Waals surface area contributed by atoms with Crippen molar-refractivity contribution in [1.82, 2.24) is 9.97 Å². The second kappa shape index (κ2) is 10.2. The molecule has 150 valence electrons. The van der Waals surface area contributed by atoms with E-state index in [4.69, 9.17) is 9.47 Å². The van der Waals surface area contributed by atoms with Crippen LogP contribution in [0.2, 0.25) is 0 Å². The molecule has 2 aromatic rings. The highest BCUT2D eigenvalue weighted by atomic mass is 16.5. The molecule has 1 fully saturated rings. The van der Waals surface area contributed by atoms with Crippen LogP contribution >= 0.6 is 0 Å². The Morgan fingerprint density at radius 1 is 1.14 bits per heavy atom. The van der Waals surface area contributed by atoms with Crippen molar-refractivity contribution >= 4 is 11.9 Å². The fraction of sp³-hybridized carbons (Fsp3) is 0.500. The van der Waals surface area contributed by atoms with Gasteiger partial charge >= 0.3 is 0 Å². The van der Waals surface area contributed by atoms with Gasteiger partial charge in [-0.15, -0.1) is 0 Å². The van der Waals surface area contributed by atoms with Crippen LogP contribution in [0.4, 0.5) is 5.95 Å². The monoisotopic (exact) mass is 383 g/mol. The zero-order chi connectivity index (χ0) is 19.8. The molecule has 0 saturated heterocycles. The van der Waals surface area contributed by atoms with Gasteiger partial charge in [0.15, 0.2) is 0 Å². The minimum atomic E-state index is -0.103. The van der Waals surface area contributed by atoms with Crippen LogP contribution in [0.25, 0.3) is 0 Å². The number of nitrogens with one attached hydrogen (secondary N) is 1. The molecule has 0 bridgehead atoms. The van der Waals surface area contributed by atoms with Crippen LogP contribution in [0.1, 0.15) is 50.2 Å². The fourth-order valence-electron chi connectivity index (χ4n) is 3.45. The van der Waals surface area contributed by atoms with E-state index in [9.17, 15) is 4.79 Å². The summed E-state index contributed by atoms with van der Waals surface area (Å²) in [5.41, 5.74) is 2.45. The zero-order valence-corrected chi connectivity index (χ0v) is 16.7. The quantitative estimate of drug-likeness (QED) is 0.747. The van der Waals surface area contributed by atoms with Crippen molar-refractivity contribution in [2.45, 2.75) is 64.1 Å². The number of carbonyl (C=O) groups is 1. The van der Waals surface area contributed by atoms with Crippen LogP contribution in [-0.4, -0.2) is 35.2 Å². The van der Waals surface area contributed by atoms with Crippen molar-refractivity contribution in [2.24, 2.45) is 0 Å². The first-order valence-electron chi connectivity index (χ1n) is 10.1. The number of hydrogen-bond donors (Lipinski definition) is 1. The highest BCUT2D eigenvalue weighted by Gasteiger charge is 2.23. The number of aromatic nitrogens is 2. The van der Waals surface area contributed by atoms with Crippen molar-refractivity contribution in [3.63, 3.8) is 0 Å². The summed E-state index contributed by atoms with van der Waals surface area (Å²) < 4.78 is 11.4. The van der Waals surface area contributed by atoms with Gasteiger partial charge in [-0.25, -0.2) is 4.98 Å². The number of hydrogen-bond acceptors (Lipinski definition) is 5. The first-order valence-corrected chi connectivity index (χ1v) is 10.1. The van der Waals surface area contributed by atoms with Gasteiger partial charge in [0.1, 0.15) is 6.10 Å².